The highest BCUT2D eigenvalue weighted by atomic mass is 16.6. The molecule has 6 nitrogen and oxygen atoms in total. The van der Waals surface area contributed by atoms with E-state index in [9.17, 15) is 10.1 Å². The summed E-state index contributed by atoms with van der Waals surface area (Å²) in [6.45, 7) is 4.48. The summed E-state index contributed by atoms with van der Waals surface area (Å²) in [6.07, 6.45) is 4.95. The Morgan fingerprint density at radius 3 is 2.86 bits per heavy atom. The zero-order valence-electron chi connectivity index (χ0n) is 12.2. The molecule has 1 aliphatic carbocycles. The third kappa shape index (κ3) is 2.53. The zero-order chi connectivity index (χ0) is 15.0. The Labute approximate surface area is 122 Å². The van der Waals surface area contributed by atoms with Crippen molar-refractivity contribution in [2.75, 3.05) is 5.32 Å². The van der Waals surface area contributed by atoms with Crippen LogP contribution in [-0.2, 0) is 0 Å². The van der Waals surface area contributed by atoms with Crippen molar-refractivity contribution in [3.8, 4) is 0 Å². The molecule has 3 rings (SSSR count). The van der Waals surface area contributed by atoms with Crippen LogP contribution in [0.1, 0.15) is 33.1 Å². The lowest BCUT2D eigenvalue weighted by atomic mass is 9.87. The Balaban J connectivity index is 2.01. The predicted octanol–water partition coefficient (Wildman–Crippen LogP) is 3.53. The highest BCUT2D eigenvalue weighted by molar-refractivity contribution is 5.90. The minimum atomic E-state index is -0.393. The van der Waals surface area contributed by atoms with Gasteiger partial charge in [0.25, 0.3) is 5.69 Å². The topological polar surface area (TPSA) is 81.0 Å². The molecule has 2 aromatic rings. The van der Waals surface area contributed by atoms with Crippen molar-refractivity contribution in [3.63, 3.8) is 0 Å². The Morgan fingerprint density at radius 2 is 2.19 bits per heavy atom. The van der Waals surface area contributed by atoms with E-state index in [1.54, 1.807) is 12.1 Å². The van der Waals surface area contributed by atoms with Crippen LogP contribution < -0.4 is 5.32 Å². The van der Waals surface area contributed by atoms with Crippen molar-refractivity contribution in [1.29, 1.82) is 0 Å². The van der Waals surface area contributed by atoms with E-state index in [0.29, 0.717) is 22.8 Å². The van der Waals surface area contributed by atoms with Crippen molar-refractivity contribution >= 4 is 22.4 Å². The SMILES string of the molecule is CC1(C)CCCC1Nc1ncnc2ccc([N+](=O)[O-])cc12. The maximum absolute atomic E-state index is 10.9. The second kappa shape index (κ2) is 4.95. The predicted molar refractivity (Wildman–Crippen MR) is 81.2 cm³/mol. The Bertz CT molecular complexity index is 699. The van der Waals surface area contributed by atoms with Crippen LogP contribution >= 0.6 is 0 Å². The van der Waals surface area contributed by atoms with Crippen molar-refractivity contribution in [3.05, 3.63) is 34.6 Å². The van der Waals surface area contributed by atoms with Gasteiger partial charge in [0.2, 0.25) is 0 Å². The summed E-state index contributed by atoms with van der Waals surface area (Å²) >= 11 is 0. The number of nitro groups is 1. The van der Waals surface area contributed by atoms with Crippen molar-refractivity contribution in [2.45, 2.75) is 39.2 Å². The highest BCUT2D eigenvalue weighted by Gasteiger charge is 2.34. The first kappa shape index (κ1) is 13.7. The number of rotatable bonds is 3. The van der Waals surface area contributed by atoms with Gasteiger partial charge in [0.05, 0.1) is 10.4 Å². The number of nitrogens with one attached hydrogen (secondary N) is 1. The Hall–Kier alpha value is -2.24. The summed E-state index contributed by atoms with van der Waals surface area (Å²) in [7, 11) is 0. The molecule has 1 unspecified atom stereocenters. The summed E-state index contributed by atoms with van der Waals surface area (Å²) in [6, 6.07) is 5.01. The molecule has 0 bridgehead atoms. The van der Waals surface area contributed by atoms with E-state index < -0.39 is 4.92 Å². The smallest absolute Gasteiger partial charge is 0.270 e. The quantitative estimate of drug-likeness (QED) is 0.689. The Morgan fingerprint density at radius 1 is 1.38 bits per heavy atom. The molecule has 1 aliphatic rings. The average Bonchev–Trinajstić information content (AvgIpc) is 2.77. The summed E-state index contributed by atoms with van der Waals surface area (Å²) in [4.78, 5) is 19.0. The number of aromatic nitrogens is 2. The Kier molecular flexibility index (Phi) is 3.23. The number of benzene rings is 1. The van der Waals surface area contributed by atoms with Gasteiger partial charge >= 0.3 is 0 Å². The van der Waals surface area contributed by atoms with Crippen LogP contribution in [0.4, 0.5) is 11.5 Å². The summed E-state index contributed by atoms with van der Waals surface area (Å²) < 4.78 is 0. The standard InChI is InChI=1S/C15H18N4O2/c1-15(2)7-3-4-13(15)18-14-11-8-10(19(20)21)5-6-12(11)16-9-17-14/h5-6,8-9,13H,3-4,7H2,1-2H3,(H,16,17,18). The van der Waals surface area contributed by atoms with Gasteiger partial charge in [0, 0.05) is 23.6 Å². The monoisotopic (exact) mass is 286 g/mol. The normalized spacial score (nSPS) is 20.6. The summed E-state index contributed by atoms with van der Waals surface area (Å²) in [5.74, 6) is 0.684. The van der Waals surface area contributed by atoms with E-state index in [1.807, 2.05) is 0 Å². The third-order valence-electron chi connectivity index (χ3n) is 4.40. The highest BCUT2D eigenvalue weighted by Crippen LogP contribution is 2.39. The molecule has 21 heavy (non-hydrogen) atoms. The van der Waals surface area contributed by atoms with Crippen molar-refractivity contribution < 1.29 is 4.92 Å². The number of fused-ring (bicyclic) bond motifs is 1. The summed E-state index contributed by atoms with van der Waals surface area (Å²) in [5.41, 5.74) is 0.984. The molecule has 0 aliphatic heterocycles. The van der Waals surface area contributed by atoms with Crippen LogP contribution in [0.2, 0.25) is 0 Å². The molecule has 1 aromatic carbocycles. The molecule has 1 saturated carbocycles. The first-order chi connectivity index (χ1) is 9.97. The second-order valence-electron chi connectivity index (χ2n) is 6.26. The zero-order valence-corrected chi connectivity index (χ0v) is 12.2. The fourth-order valence-electron chi connectivity index (χ4n) is 3.03. The van der Waals surface area contributed by atoms with E-state index >= 15 is 0 Å². The third-order valence-corrected chi connectivity index (χ3v) is 4.40. The number of nitrogens with zero attached hydrogens (tertiary/aromatic N) is 3. The lowest BCUT2D eigenvalue weighted by Crippen LogP contribution is -2.31. The molecule has 6 heteroatoms. The minimum absolute atomic E-state index is 0.0611. The van der Waals surface area contributed by atoms with E-state index in [-0.39, 0.29) is 11.1 Å². The minimum Gasteiger partial charge on any atom is -0.366 e. The molecule has 0 saturated heterocycles. The number of hydrogen-bond donors (Lipinski definition) is 1. The van der Waals surface area contributed by atoms with Crippen LogP contribution in [0.15, 0.2) is 24.5 Å². The molecule has 0 spiro atoms. The molecule has 1 N–H and O–H groups in total. The van der Waals surface area contributed by atoms with E-state index in [1.165, 1.54) is 25.2 Å². The molecule has 0 amide bonds. The number of non-ortho nitro benzene ring substituents is 1. The fraction of sp³-hybridized carbons (Fsp3) is 0.467. The van der Waals surface area contributed by atoms with E-state index in [4.69, 9.17) is 0 Å². The molecule has 1 atom stereocenters. The molecular weight excluding hydrogens is 268 g/mol. The van der Waals surface area contributed by atoms with Gasteiger partial charge in [-0.3, -0.25) is 10.1 Å². The van der Waals surface area contributed by atoms with Gasteiger partial charge in [-0.05, 0) is 24.3 Å². The lowest BCUT2D eigenvalue weighted by Gasteiger charge is -2.28. The van der Waals surface area contributed by atoms with Crippen LogP contribution in [-0.4, -0.2) is 20.9 Å². The van der Waals surface area contributed by atoms with Crippen LogP contribution in [0.25, 0.3) is 10.9 Å². The lowest BCUT2D eigenvalue weighted by molar-refractivity contribution is -0.384. The van der Waals surface area contributed by atoms with Crippen LogP contribution in [0.3, 0.4) is 0 Å². The largest absolute Gasteiger partial charge is 0.366 e. The maximum atomic E-state index is 10.9. The fourth-order valence-corrected chi connectivity index (χ4v) is 3.03. The first-order valence-corrected chi connectivity index (χ1v) is 7.13. The van der Waals surface area contributed by atoms with Gasteiger partial charge in [-0.25, -0.2) is 9.97 Å². The average molecular weight is 286 g/mol. The number of nitro benzene ring substituents is 1. The van der Waals surface area contributed by atoms with Gasteiger partial charge < -0.3 is 5.32 Å². The van der Waals surface area contributed by atoms with Crippen molar-refractivity contribution in [2.24, 2.45) is 5.41 Å². The van der Waals surface area contributed by atoms with Crippen molar-refractivity contribution in [1.82, 2.24) is 9.97 Å². The maximum Gasteiger partial charge on any atom is 0.270 e. The van der Waals surface area contributed by atoms with Gasteiger partial charge in [-0.1, -0.05) is 20.3 Å². The second-order valence-corrected chi connectivity index (χ2v) is 6.26. The van der Waals surface area contributed by atoms with Gasteiger partial charge in [0.1, 0.15) is 12.1 Å². The number of hydrogen-bond acceptors (Lipinski definition) is 5. The van der Waals surface area contributed by atoms with E-state index in [2.05, 4.69) is 29.1 Å². The number of anilines is 1. The van der Waals surface area contributed by atoms with Gasteiger partial charge in [-0.2, -0.15) is 0 Å². The molecule has 110 valence electrons. The molecule has 1 fully saturated rings. The van der Waals surface area contributed by atoms with Gasteiger partial charge in [0.15, 0.2) is 0 Å². The molecular formula is C15H18N4O2. The van der Waals surface area contributed by atoms with Crippen LogP contribution in [0, 0.1) is 15.5 Å². The summed E-state index contributed by atoms with van der Waals surface area (Å²) in [5, 5.41) is 15.1. The first-order valence-electron chi connectivity index (χ1n) is 7.13. The molecule has 0 radical (unpaired) electrons. The van der Waals surface area contributed by atoms with E-state index in [0.717, 1.165) is 6.42 Å². The van der Waals surface area contributed by atoms with Gasteiger partial charge in [-0.15, -0.1) is 0 Å². The van der Waals surface area contributed by atoms with Crippen LogP contribution in [0.5, 0.6) is 0 Å². The molecule has 1 aromatic heterocycles. The molecule has 1 heterocycles.